The lowest BCUT2D eigenvalue weighted by Gasteiger charge is -2.34. The first kappa shape index (κ1) is 29.7. The van der Waals surface area contributed by atoms with Gasteiger partial charge in [-0.3, -0.25) is 13.9 Å². The van der Waals surface area contributed by atoms with Gasteiger partial charge in [0.2, 0.25) is 0 Å². The van der Waals surface area contributed by atoms with Crippen LogP contribution in [0.4, 0.5) is 13.2 Å². The van der Waals surface area contributed by atoms with Crippen molar-refractivity contribution in [2.45, 2.75) is 64.1 Å². The third-order valence-electron chi connectivity index (χ3n) is 7.42. The van der Waals surface area contributed by atoms with Crippen LogP contribution < -0.4 is 15.7 Å². The quantitative estimate of drug-likeness (QED) is 0.418. The van der Waals surface area contributed by atoms with Crippen LogP contribution in [0.1, 0.15) is 56.9 Å². The summed E-state index contributed by atoms with van der Waals surface area (Å²) < 4.78 is 71.4. The fraction of sp³-hybridized carbons (Fsp3) is 0.481. The minimum absolute atomic E-state index is 0.0417. The highest BCUT2D eigenvalue weighted by atomic mass is 32.2. The number of amides is 1. The molecular weight excluding hydrogens is 551 g/mol. The molecule has 2 heterocycles. The fourth-order valence-electron chi connectivity index (χ4n) is 4.66. The van der Waals surface area contributed by atoms with E-state index < -0.39 is 57.5 Å². The lowest BCUT2D eigenvalue weighted by atomic mass is 9.94. The lowest BCUT2D eigenvalue weighted by Crippen LogP contribution is -2.50. The first-order valence-electron chi connectivity index (χ1n) is 12.7. The number of halogens is 3. The number of sulfone groups is 1. The molecule has 40 heavy (non-hydrogen) atoms. The van der Waals surface area contributed by atoms with Crippen molar-refractivity contribution in [3.8, 4) is 11.4 Å². The van der Waals surface area contributed by atoms with Crippen molar-refractivity contribution >= 4 is 26.8 Å². The molecule has 1 aromatic heterocycles. The third-order valence-corrected chi connectivity index (χ3v) is 9.08. The van der Waals surface area contributed by atoms with E-state index in [9.17, 15) is 31.9 Å². The van der Waals surface area contributed by atoms with Crippen molar-refractivity contribution in [2.75, 3.05) is 18.1 Å². The minimum Gasteiger partial charge on any atom is -0.488 e. The zero-order valence-electron chi connectivity index (χ0n) is 22.6. The molecule has 1 amide bonds. The van der Waals surface area contributed by atoms with Crippen molar-refractivity contribution in [1.82, 2.24) is 14.5 Å². The second-order valence-electron chi connectivity index (χ2n) is 11.0. The number of fused-ring (bicyclic) bond motifs is 1. The monoisotopic (exact) mass is 583 g/mol. The van der Waals surface area contributed by atoms with Crippen LogP contribution in [0.2, 0.25) is 0 Å². The summed E-state index contributed by atoms with van der Waals surface area (Å²) in [7, 11) is -3.15. The topological polar surface area (TPSA) is 120 Å². The molecule has 13 heteroatoms. The van der Waals surface area contributed by atoms with E-state index in [0.717, 1.165) is 16.7 Å². The van der Waals surface area contributed by atoms with Crippen molar-refractivity contribution < 1.29 is 36.2 Å². The predicted octanol–water partition coefficient (Wildman–Crippen LogP) is 3.60. The number of aliphatic hydroxyl groups is 1. The fourth-order valence-corrected chi connectivity index (χ4v) is 6.38. The van der Waals surface area contributed by atoms with Gasteiger partial charge < -0.3 is 15.2 Å². The van der Waals surface area contributed by atoms with Crippen LogP contribution in [-0.4, -0.2) is 64.2 Å². The van der Waals surface area contributed by atoms with Crippen LogP contribution in [0.3, 0.4) is 0 Å². The highest BCUT2D eigenvalue weighted by molar-refractivity contribution is 7.91. The highest BCUT2D eigenvalue weighted by Gasteiger charge is 2.35. The summed E-state index contributed by atoms with van der Waals surface area (Å²) in [6.45, 7) is 5.45. The van der Waals surface area contributed by atoms with Crippen LogP contribution in [0.25, 0.3) is 16.7 Å². The summed E-state index contributed by atoms with van der Waals surface area (Å²) in [6, 6.07) is 6.83. The molecule has 0 saturated carbocycles. The minimum atomic E-state index is -3.15. The van der Waals surface area contributed by atoms with Gasteiger partial charge in [0.1, 0.15) is 28.0 Å². The number of benzene rings is 2. The number of rotatable bonds is 8. The average Bonchev–Trinajstić information content (AvgIpc) is 3.15. The number of carbonyl (C=O) groups is 1. The van der Waals surface area contributed by atoms with Crippen LogP contribution >= 0.6 is 0 Å². The van der Waals surface area contributed by atoms with E-state index in [-0.39, 0.29) is 52.4 Å². The standard InChI is InChI=1S/C27H32F3N3O6S/c1-16(26(2,3)36)32-22-13-17(24(34)31-27(4)9-11-40(37,38)12-10-27)5-8-20(22)33(25(32)35)21-14-18(6-7-19(21)28)39-15-23(29)30/h5-8,13-14,16,23,36H,9-12,15H2,1-4H3,(H,31,34)/t16-/m1/s1. The molecule has 9 nitrogen and oxygen atoms in total. The molecule has 4 rings (SSSR count). The molecule has 0 spiro atoms. The normalized spacial score (nSPS) is 17.6. The van der Waals surface area contributed by atoms with E-state index in [1.165, 1.54) is 42.7 Å². The smallest absolute Gasteiger partial charge is 0.334 e. The number of imidazole rings is 1. The second kappa shape index (κ2) is 10.6. The largest absolute Gasteiger partial charge is 0.488 e. The van der Waals surface area contributed by atoms with Gasteiger partial charge in [-0.2, -0.15) is 0 Å². The Bertz CT molecular complexity index is 1590. The van der Waals surface area contributed by atoms with Crippen LogP contribution in [0.15, 0.2) is 41.2 Å². The summed E-state index contributed by atoms with van der Waals surface area (Å²) >= 11 is 0. The van der Waals surface area contributed by atoms with Gasteiger partial charge in [0, 0.05) is 17.2 Å². The molecule has 1 atom stereocenters. The van der Waals surface area contributed by atoms with Gasteiger partial charge >= 0.3 is 5.69 Å². The molecule has 2 aromatic carbocycles. The molecule has 1 fully saturated rings. The zero-order valence-corrected chi connectivity index (χ0v) is 23.4. The molecule has 0 aliphatic carbocycles. The molecule has 218 valence electrons. The Labute approximate surface area is 229 Å². The lowest BCUT2D eigenvalue weighted by molar-refractivity contribution is 0.0307. The molecule has 2 N–H and O–H groups in total. The van der Waals surface area contributed by atoms with Gasteiger partial charge in [0.25, 0.3) is 12.3 Å². The van der Waals surface area contributed by atoms with Crippen molar-refractivity contribution in [1.29, 1.82) is 0 Å². The predicted molar refractivity (Wildman–Crippen MR) is 144 cm³/mol. The Morgan fingerprint density at radius 3 is 2.40 bits per heavy atom. The molecule has 1 saturated heterocycles. The summed E-state index contributed by atoms with van der Waals surface area (Å²) in [4.78, 5) is 27.0. The van der Waals surface area contributed by atoms with E-state index in [4.69, 9.17) is 4.74 Å². The Balaban J connectivity index is 1.82. The maximum Gasteiger partial charge on any atom is 0.334 e. The van der Waals surface area contributed by atoms with Crippen molar-refractivity contribution in [3.63, 3.8) is 0 Å². The van der Waals surface area contributed by atoms with Gasteiger partial charge in [-0.05, 0) is 70.9 Å². The first-order valence-corrected chi connectivity index (χ1v) is 14.6. The number of nitrogens with zero attached hydrogens (tertiary/aromatic N) is 2. The van der Waals surface area contributed by atoms with E-state index in [2.05, 4.69) is 5.32 Å². The molecule has 0 bridgehead atoms. The maximum absolute atomic E-state index is 15.0. The molecule has 3 aromatic rings. The van der Waals surface area contributed by atoms with Gasteiger partial charge in [-0.1, -0.05) is 0 Å². The van der Waals surface area contributed by atoms with Gasteiger partial charge in [-0.15, -0.1) is 0 Å². The number of hydrogen-bond donors (Lipinski definition) is 2. The van der Waals surface area contributed by atoms with E-state index >= 15 is 4.39 Å². The number of aromatic nitrogens is 2. The molecule has 1 aliphatic heterocycles. The Hall–Kier alpha value is -3.32. The Morgan fingerprint density at radius 2 is 1.80 bits per heavy atom. The molecular formula is C27H32F3N3O6S. The number of alkyl halides is 2. The van der Waals surface area contributed by atoms with Crippen molar-refractivity contribution in [2.24, 2.45) is 0 Å². The maximum atomic E-state index is 15.0. The summed E-state index contributed by atoms with van der Waals surface area (Å²) in [5, 5.41) is 13.6. The van der Waals surface area contributed by atoms with Crippen LogP contribution in [0, 0.1) is 5.82 Å². The SMILES string of the molecule is C[C@@H](n1c(=O)n(-c2cc(OCC(F)F)ccc2F)c2ccc(C(=O)NC3(C)CCS(=O)(=O)CC3)cc21)C(C)(C)O. The molecule has 0 radical (unpaired) electrons. The van der Waals surface area contributed by atoms with E-state index in [1.807, 2.05) is 0 Å². The van der Waals surface area contributed by atoms with E-state index in [1.54, 1.807) is 13.8 Å². The van der Waals surface area contributed by atoms with Gasteiger partial charge in [-0.25, -0.2) is 26.4 Å². The first-order chi connectivity index (χ1) is 18.5. The number of nitrogens with one attached hydrogen (secondary N) is 1. The van der Waals surface area contributed by atoms with Crippen molar-refractivity contribution in [3.05, 3.63) is 58.3 Å². The molecule has 0 unspecified atom stereocenters. The number of hydrogen-bond acceptors (Lipinski definition) is 6. The van der Waals surface area contributed by atoms with Crippen LogP contribution in [0.5, 0.6) is 5.75 Å². The van der Waals surface area contributed by atoms with Gasteiger partial charge in [0.05, 0.1) is 39.9 Å². The Kier molecular flexibility index (Phi) is 7.85. The summed E-state index contributed by atoms with van der Waals surface area (Å²) in [5.74, 6) is -1.46. The van der Waals surface area contributed by atoms with E-state index in [0.29, 0.717) is 0 Å². The average molecular weight is 584 g/mol. The number of ether oxygens (including phenoxy) is 1. The third kappa shape index (κ3) is 6.04. The van der Waals surface area contributed by atoms with Crippen LogP contribution in [-0.2, 0) is 9.84 Å². The Morgan fingerprint density at radius 1 is 1.15 bits per heavy atom. The molecule has 1 aliphatic rings. The summed E-state index contributed by atoms with van der Waals surface area (Å²) in [5.41, 5.74) is -2.52. The summed E-state index contributed by atoms with van der Waals surface area (Å²) in [6.07, 6.45) is -2.25. The van der Waals surface area contributed by atoms with Gasteiger partial charge in [0.15, 0.2) is 0 Å². The zero-order chi connectivity index (χ0) is 29.6. The second-order valence-corrected chi connectivity index (χ2v) is 13.3. The highest BCUT2D eigenvalue weighted by Crippen LogP contribution is 2.30. The number of carbonyl (C=O) groups excluding carboxylic acids is 1.